The summed E-state index contributed by atoms with van der Waals surface area (Å²) in [6.07, 6.45) is 1.72. The Hall–Kier alpha value is -2.13. The van der Waals surface area contributed by atoms with Gasteiger partial charge in [0.15, 0.2) is 0 Å². The molecule has 0 heterocycles. The molecular weight excluding hydrogens is 348 g/mol. The summed E-state index contributed by atoms with van der Waals surface area (Å²) in [7, 11) is 4.63. The van der Waals surface area contributed by atoms with Crippen LogP contribution in [-0.2, 0) is 14.3 Å². The van der Waals surface area contributed by atoms with E-state index in [1.165, 1.54) is 13.5 Å². The molecule has 0 aliphatic carbocycles. The molecule has 0 bridgehead atoms. The van der Waals surface area contributed by atoms with Gasteiger partial charge >= 0.3 is 5.97 Å². The first kappa shape index (κ1) is 36.7. The van der Waals surface area contributed by atoms with Crippen molar-refractivity contribution in [3.8, 4) is 0 Å². The molecule has 0 N–H and O–H groups in total. The molecule has 0 saturated heterocycles. The van der Waals surface area contributed by atoms with Crippen LogP contribution >= 0.6 is 0 Å². The Kier molecular flexibility index (Phi) is 65.3. The van der Waals surface area contributed by atoms with Crippen LogP contribution in [-0.4, -0.2) is 27.3 Å². The Labute approximate surface area is 176 Å². The lowest BCUT2D eigenvalue weighted by molar-refractivity contribution is -0.140. The molecule has 0 atom stereocenters. The summed E-state index contributed by atoms with van der Waals surface area (Å²) in [5.74, 6) is -0.157. The van der Waals surface area contributed by atoms with Crippen LogP contribution in [0.3, 0.4) is 0 Å². The van der Waals surface area contributed by atoms with Gasteiger partial charge in [-0.15, -0.1) is 0 Å². The van der Waals surface area contributed by atoms with E-state index < -0.39 is 0 Å². The van der Waals surface area contributed by atoms with Crippen LogP contribution in [0.15, 0.2) is 72.8 Å². The van der Waals surface area contributed by atoms with Crippen molar-refractivity contribution in [2.75, 3.05) is 21.3 Å². The fourth-order valence-electron chi connectivity index (χ4n) is 0.914. The lowest BCUT2D eigenvalue weighted by Crippen LogP contribution is -1.94. The predicted octanol–water partition coefficient (Wildman–Crippen LogP) is 7.67. The van der Waals surface area contributed by atoms with Crippen LogP contribution in [0.2, 0.25) is 0 Å². The van der Waals surface area contributed by atoms with Gasteiger partial charge in [0, 0.05) is 20.6 Å². The molecule has 0 saturated carbocycles. The molecule has 0 aliphatic rings. The minimum Gasteiger partial charge on any atom is -0.469 e. The first-order valence-electron chi connectivity index (χ1n) is 10.1. The summed E-state index contributed by atoms with van der Waals surface area (Å²) in [5.41, 5.74) is 0. The zero-order valence-corrected chi connectivity index (χ0v) is 20.1. The summed E-state index contributed by atoms with van der Waals surface area (Å²) in [6.45, 7) is 14.0. The number of benzene rings is 2. The third-order valence-electron chi connectivity index (χ3n) is 1.85. The molecular formula is C25H46O3. The van der Waals surface area contributed by atoms with E-state index in [-0.39, 0.29) is 5.97 Å². The lowest BCUT2D eigenvalue weighted by atomic mass is 10.4. The molecule has 0 radical (unpaired) electrons. The summed E-state index contributed by atoms with van der Waals surface area (Å²) in [4.78, 5) is 9.96. The largest absolute Gasteiger partial charge is 0.469 e. The summed E-state index contributed by atoms with van der Waals surface area (Å²) in [5, 5.41) is 0. The van der Waals surface area contributed by atoms with E-state index in [4.69, 9.17) is 0 Å². The third-order valence-corrected chi connectivity index (χ3v) is 1.85. The van der Waals surface area contributed by atoms with Crippen molar-refractivity contribution in [2.45, 2.75) is 61.3 Å². The van der Waals surface area contributed by atoms with E-state index in [0.29, 0.717) is 6.42 Å². The average Bonchev–Trinajstić information content (AvgIpc) is 2.80. The Morgan fingerprint density at radius 2 is 0.714 bits per heavy atom. The Balaban J connectivity index is -0.0000000774. The highest BCUT2D eigenvalue weighted by Gasteiger charge is 1.87. The minimum atomic E-state index is -0.157. The quantitative estimate of drug-likeness (QED) is 0.465. The smallest absolute Gasteiger partial charge is 0.305 e. The molecule has 3 heteroatoms. The summed E-state index contributed by atoms with van der Waals surface area (Å²) in [6, 6.07) is 24.0. The molecule has 0 aliphatic heterocycles. The van der Waals surface area contributed by atoms with Gasteiger partial charge in [-0.25, -0.2) is 0 Å². The summed E-state index contributed by atoms with van der Waals surface area (Å²) < 4.78 is 8.51. The van der Waals surface area contributed by atoms with Crippen molar-refractivity contribution in [1.82, 2.24) is 0 Å². The maximum Gasteiger partial charge on any atom is 0.305 e. The SMILES string of the molecule is CC.CC.CCC.CCC(=O)OC.COC.c1ccccc1.c1ccccc1. The van der Waals surface area contributed by atoms with Crippen molar-refractivity contribution >= 4 is 5.97 Å². The lowest BCUT2D eigenvalue weighted by Gasteiger charge is -1.87. The second-order valence-corrected chi connectivity index (χ2v) is 4.35. The zero-order chi connectivity index (χ0) is 22.9. The molecule has 28 heavy (non-hydrogen) atoms. The van der Waals surface area contributed by atoms with Gasteiger partial charge in [0.1, 0.15) is 0 Å². The maximum absolute atomic E-state index is 9.96. The second kappa shape index (κ2) is 49.8. The molecule has 0 amide bonds. The van der Waals surface area contributed by atoms with Crippen molar-refractivity contribution in [3.05, 3.63) is 72.8 Å². The summed E-state index contributed by atoms with van der Waals surface area (Å²) >= 11 is 0. The standard InChI is InChI=1S/2C6H6.C4H8O2.C3H8.C2H6O.2C2H6/c2*1-2-4-6-5-3-1;1-3-4(5)6-2;2*1-3-2;2*1-2/h2*1-6H;3H2,1-2H3;3H2,1-2H3;1-2H3;2*1-2H3. The molecule has 2 aromatic rings. The first-order valence-corrected chi connectivity index (χ1v) is 10.1. The van der Waals surface area contributed by atoms with Crippen LogP contribution < -0.4 is 0 Å². The number of carbonyl (C=O) groups excluding carboxylic acids is 1. The molecule has 0 aromatic heterocycles. The monoisotopic (exact) mass is 394 g/mol. The average molecular weight is 395 g/mol. The zero-order valence-electron chi connectivity index (χ0n) is 20.1. The van der Waals surface area contributed by atoms with Crippen LogP contribution in [0.5, 0.6) is 0 Å². The van der Waals surface area contributed by atoms with Gasteiger partial charge in [0.05, 0.1) is 7.11 Å². The maximum atomic E-state index is 9.96. The normalized spacial score (nSPS) is 6.79. The van der Waals surface area contributed by atoms with E-state index >= 15 is 0 Å². The number of hydrogen-bond acceptors (Lipinski definition) is 3. The van der Waals surface area contributed by atoms with E-state index in [2.05, 4.69) is 23.3 Å². The number of methoxy groups -OCH3 is 2. The van der Waals surface area contributed by atoms with Gasteiger partial charge in [-0.3, -0.25) is 4.79 Å². The van der Waals surface area contributed by atoms with Crippen LogP contribution in [0.1, 0.15) is 61.3 Å². The Morgan fingerprint density at radius 1 is 0.571 bits per heavy atom. The molecule has 2 rings (SSSR count). The number of ether oxygens (including phenoxy) is 2. The van der Waals surface area contributed by atoms with Gasteiger partial charge in [-0.05, 0) is 0 Å². The molecule has 3 nitrogen and oxygen atoms in total. The van der Waals surface area contributed by atoms with Crippen molar-refractivity contribution in [3.63, 3.8) is 0 Å². The highest BCUT2D eigenvalue weighted by Crippen LogP contribution is 1.80. The fourth-order valence-corrected chi connectivity index (χ4v) is 0.914. The van der Waals surface area contributed by atoms with Crippen molar-refractivity contribution in [2.24, 2.45) is 0 Å². The molecule has 0 spiro atoms. The Bertz CT molecular complexity index is 310. The third kappa shape index (κ3) is 64.9. The first-order chi connectivity index (χ1) is 13.6. The number of hydrogen-bond donors (Lipinski definition) is 0. The highest BCUT2D eigenvalue weighted by molar-refractivity contribution is 5.68. The van der Waals surface area contributed by atoms with Crippen molar-refractivity contribution in [1.29, 1.82) is 0 Å². The minimum absolute atomic E-state index is 0.157. The van der Waals surface area contributed by atoms with Crippen LogP contribution in [0.25, 0.3) is 0 Å². The topological polar surface area (TPSA) is 35.5 Å². The van der Waals surface area contributed by atoms with E-state index in [1.54, 1.807) is 21.1 Å². The molecule has 0 fully saturated rings. The van der Waals surface area contributed by atoms with Gasteiger partial charge in [-0.1, -0.05) is 128 Å². The molecule has 0 unspecified atom stereocenters. The highest BCUT2D eigenvalue weighted by atomic mass is 16.5. The molecule has 2 aromatic carbocycles. The van der Waals surface area contributed by atoms with Gasteiger partial charge in [0.2, 0.25) is 0 Å². The Morgan fingerprint density at radius 3 is 0.750 bits per heavy atom. The molecule has 164 valence electrons. The van der Waals surface area contributed by atoms with Crippen molar-refractivity contribution < 1.29 is 14.3 Å². The second-order valence-electron chi connectivity index (χ2n) is 4.35. The van der Waals surface area contributed by atoms with Gasteiger partial charge in [-0.2, -0.15) is 0 Å². The van der Waals surface area contributed by atoms with E-state index in [0.717, 1.165) is 0 Å². The predicted molar refractivity (Wildman–Crippen MR) is 127 cm³/mol. The number of rotatable bonds is 1. The van der Waals surface area contributed by atoms with E-state index in [1.807, 2.05) is 100 Å². The van der Waals surface area contributed by atoms with Gasteiger partial charge < -0.3 is 9.47 Å². The fraction of sp³-hybridized carbons (Fsp3) is 0.480. The van der Waals surface area contributed by atoms with Gasteiger partial charge in [0.25, 0.3) is 0 Å². The van der Waals surface area contributed by atoms with Crippen LogP contribution in [0.4, 0.5) is 0 Å². The number of esters is 1. The van der Waals surface area contributed by atoms with Crippen LogP contribution in [0, 0.1) is 0 Å². The number of carbonyl (C=O) groups is 1. The van der Waals surface area contributed by atoms with E-state index in [9.17, 15) is 4.79 Å².